The van der Waals surface area contributed by atoms with Crippen LogP contribution in [0, 0.1) is 0 Å². The van der Waals surface area contributed by atoms with Crippen molar-refractivity contribution < 1.29 is 4.79 Å². The van der Waals surface area contributed by atoms with Crippen LogP contribution >= 0.6 is 0 Å². The largest absolute Gasteiger partial charge is 0.350 e. The minimum Gasteiger partial charge on any atom is -0.350 e. The fourth-order valence-electron chi connectivity index (χ4n) is 4.47. The molecule has 0 spiro atoms. The van der Waals surface area contributed by atoms with E-state index in [-0.39, 0.29) is 5.91 Å². The molecule has 1 amide bonds. The molecule has 4 nitrogen and oxygen atoms in total. The van der Waals surface area contributed by atoms with Gasteiger partial charge in [0, 0.05) is 43.1 Å². The molecule has 0 N–H and O–H groups in total. The van der Waals surface area contributed by atoms with Gasteiger partial charge in [0.2, 0.25) is 0 Å². The Morgan fingerprint density at radius 2 is 1.68 bits per heavy atom. The molecule has 3 heterocycles. The highest BCUT2D eigenvalue weighted by molar-refractivity contribution is 5.94. The van der Waals surface area contributed by atoms with Gasteiger partial charge < -0.3 is 14.4 Å². The summed E-state index contributed by atoms with van der Waals surface area (Å²) in [6, 6.07) is 13.2. The van der Waals surface area contributed by atoms with Crippen molar-refractivity contribution in [3.05, 3.63) is 59.9 Å². The molecule has 2 aliphatic heterocycles. The van der Waals surface area contributed by atoms with E-state index in [2.05, 4.69) is 45.9 Å². The van der Waals surface area contributed by atoms with Crippen LogP contribution in [0.3, 0.4) is 0 Å². The molecule has 0 aliphatic carbocycles. The molecule has 1 aromatic carbocycles. The molecule has 132 valence electrons. The number of likely N-dealkylation sites (N-methyl/N-ethyl adjacent to an activating group) is 1. The molecule has 2 aliphatic rings. The molecule has 2 atom stereocenters. The van der Waals surface area contributed by atoms with E-state index in [4.69, 9.17) is 0 Å². The molecule has 25 heavy (non-hydrogen) atoms. The van der Waals surface area contributed by atoms with E-state index >= 15 is 0 Å². The number of carbonyl (C=O) groups excluding carboxylic acids is 1. The highest BCUT2D eigenvalue weighted by Gasteiger charge is 2.38. The summed E-state index contributed by atoms with van der Waals surface area (Å²) in [4.78, 5) is 17.6. The summed E-state index contributed by atoms with van der Waals surface area (Å²) < 4.78 is 2.14. The first-order chi connectivity index (χ1) is 12.2. The molecule has 2 aromatic rings. The second-order valence-electron chi connectivity index (χ2n) is 7.45. The second-order valence-corrected chi connectivity index (χ2v) is 7.45. The number of amides is 1. The smallest absolute Gasteiger partial charge is 0.254 e. The Morgan fingerprint density at radius 1 is 1.00 bits per heavy atom. The Kier molecular flexibility index (Phi) is 4.62. The molecule has 2 unspecified atom stereocenters. The van der Waals surface area contributed by atoms with Gasteiger partial charge in [0.05, 0.1) is 0 Å². The third kappa shape index (κ3) is 3.36. The fourth-order valence-corrected chi connectivity index (χ4v) is 4.47. The predicted molar refractivity (Wildman–Crippen MR) is 99.7 cm³/mol. The van der Waals surface area contributed by atoms with E-state index in [1.165, 1.54) is 18.4 Å². The zero-order chi connectivity index (χ0) is 17.2. The number of rotatable bonds is 4. The van der Waals surface area contributed by atoms with Gasteiger partial charge in [-0.3, -0.25) is 4.79 Å². The molecule has 0 saturated carbocycles. The van der Waals surface area contributed by atoms with Gasteiger partial charge in [0.15, 0.2) is 0 Å². The first-order valence-corrected chi connectivity index (χ1v) is 9.43. The van der Waals surface area contributed by atoms with Crippen molar-refractivity contribution in [2.45, 2.75) is 44.3 Å². The maximum absolute atomic E-state index is 13.1. The molecule has 1 aromatic heterocycles. The highest BCUT2D eigenvalue weighted by atomic mass is 16.2. The lowest BCUT2D eigenvalue weighted by Gasteiger charge is -2.33. The average molecular weight is 337 g/mol. The topological polar surface area (TPSA) is 28.5 Å². The Balaban J connectivity index is 1.46. The number of aromatic nitrogens is 1. The third-order valence-electron chi connectivity index (χ3n) is 5.81. The summed E-state index contributed by atoms with van der Waals surface area (Å²) in [6.07, 6.45) is 8.88. The minimum absolute atomic E-state index is 0.204. The SMILES string of the molecule is CN1CCCC1C1CCCN1C(=O)c1ccc(Cn2cccc2)cc1. The van der Waals surface area contributed by atoms with Gasteiger partial charge in [0.25, 0.3) is 5.91 Å². The highest BCUT2D eigenvalue weighted by Crippen LogP contribution is 2.30. The fraction of sp³-hybridized carbons (Fsp3) is 0.476. The monoisotopic (exact) mass is 337 g/mol. The Bertz CT molecular complexity index is 707. The molecule has 2 fully saturated rings. The summed E-state index contributed by atoms with van der Waals surface area (Å²) in [5.41, 5.74) is 2.05. The number of benzene rings is 1. The molecule has 0 bridgehead atoms. The zero-order valence-corrected chi connectivity index (χ0v) is 15.0. The van der Waals surface area contributed by atoms with Crippen LogP contribution in [0.5, 0.6) is 0 Å². The molecule has 2 saturated heterocycles. The lowest BCUT2D eigenvalue weighted by Crippen LogP contribution is -2.47. The van der Waals surface area contributed by atoms with Crippen molar-refractivity contribution in [2.24, 2.45) is 0 Å². The maximum atomic E-state index is 13.1. The van der Waals surface area contributed by atoms with Crippen molar-refractivity contribution in [1.82, 2.24) is 14.4 Å². The quantitative estimate of drug-likeness (QED) is 0.857. The Morgan fingerprint density at radius 3 is 2.36 bits per heavy atom. The Labute approximate surface area is 150 Å². The summed E-state index contributed by atoms with van der Waals surface area (Å²) >= 11 is 0. The van der Waals surface area contributed by atoms with Gasteiger partial charge in [-0.15, -0.1) is 0 Å². The van der Waals surface area contributed by atoms with Gasteiger partial charge in [0.1, 0.15) is 0 Å². The van der Waals surface area contributed by atoms with Crippen molar-refractivity contribution in [3.63, 3.8) is 0 Å². The standard InChI is InChI=1S/C21H27N3O/c1-22-12-4-6-19(22)20-7-5-15-24(20)21(25)18-10-8-17(9-11-18)16-23-13-2-3-14-23/h2-3,8-11,13-14,19-20H,4-7,12,15-16H2,1H3. The lowest BCUT2D eigenvalue weighted by atomic mass is 10.0. The van der Waals surface area contributed by atoms with E-state index in [9.17, 15) is 4.79 Å². The van der Waals surface area contributed by atoms with Gasteiger partial charge in [-0.25, -0.2) is 0 Å². The first-order valence-electron chi connectivity index (χ1n) is 9.43. The van der Waals surface area contributed by atoms with Crippen molar-refractivity contribution in [2.75, 3.05) is 20.1 Å². The second kappa shape index (κ2) is 7.04. The minimum atomic E-state index is 0.204. The van der Waals surface area contributed by atoms with Crippen LogP contribution in [-0.2, 0) is 6.54 Å². The van der Waals surface area contributed by atoms with Crippen LogP contribution < -0.4 is 0 Å². The van der Waals surface area contributed by atoms with Crippen LogP contribution in [0.15, 0.2) is 48.8 Å². The van der Waals surface area contributed by atoms with E-state index < -0.39 is 0 Å². The van der Waals surface area contributed by atoms with E-state index in [0.717, 1.165) is 38.0 Å². The third-order valence-corrected chi connectivity index (χ3v) is 5.81. The maximum Gasteiger partial charge on any atom is 0.254 e. The molecule has 4 heteroatoms. The number of nitrogens with zero attached hydrogens (tertiary/aromatic N) is 3. The summed E-state index contributed by atoms with van der Waals surface area (Å²) in [7, 11) is 2.20. The number of hydrogen-bond donors (Lipinski definition) is 0. The van der Waals surface area contributed by atoms with Gasteiger partial charge in [-0.05, 0) is 69.1 Å². The van der Waals surface area contributed by atoms with Crippen LogP contribution in [0.1, 0.15) is 41.6 Å². The van der Waals surface area contributed by atoms with Crippen molar-refractivity contribution in [1.29, 1.82) is 0 Å². The molecular weight excluding hydrogens is 310 g/mol. The van der Waals surface area contributed by atoms with Gasteiger partial charge in [-0.2, -0.15) is 0 Å². The molecular formula is C21H27N3O. The van der Waals surface area contributed by atoms with Crippen LogP contribution in [-0.4, -0.2) is 52.5 Å². The van der Waals surface area contributed by atoms with Gasteiger partial charge >= 0.3 is 0 Å². The lowest BCUT2D eigenvalue weighted by molar-refractivity contribution is 0.0664. The zero-order valence-electron chi connectivity index (χ0n) is 15.0. The normalized spacial score (nSPS) is 24.1. The van der Waals surface area contributed by atoms with E-state index in [1.807, 2.05) is 24.3 Å². The van der Waals surface area contributed by atoms with Crippen LogP contribution in [0.25, 0.3) is 0 Å². The summed E-state index contributed by atoms with van der Waals surface area (Å²) in [5.74, 6) is 0.204. The summed E-state index contributed by atoms with van der Waals surface area (Å²) in [6.45, 7) is 2.91. The van der Waals surface area contributed by atoms with Gasteiger partial charge in [-0.1, -0.05) is 12.1 Å². The average Bonchev–Trinajstić information content (AvgIpc) is 3.36. The predicted octanol–water partition coefficient (Wildman–Crippen LogP) is 3.24. The number of hydrogen-bond acceptors (Lipinski definition) is 2. The van der Waals surface area contributed by atoms with E-state index in [0.29, 0.717) is 12.1 Å². The first kappa shape index (κ1) is 16.4. The molecule has 4 rings (SSSR count). The van der Waals surface area contributed by atoms with Crippen molar-refractivity contribution in [3.8, 4) is 0 Å². The summed E-state index contributed by atoms with van der Waals surface area (Å²) in [5, 5.41) is 0. The molecule has 0 radical (unpaired) electrons. The Hall–Kier alpha value is -2.07. The van der Waals surface area contributed by atoms with E-state index in [1.54, 1.807) is 0 Å². The van der Waals surface area contributed by atoms with Crippen molar-refractivity contribution >= 4 is 5.91 Å². The van der Waals surface area contributed by atoms with Crippen LogP contribution in [0.2, 0.25) is 0 Å². The van der Waals surface area contributed by atoms with Crippen LogP contribution in [0.4, 0.5) is 0 Å². The number of carbonyl (C=O) groups is 1. The number of likely N-dealkylation sites (tertiary alicyclic amines) is 2.